The first-order chi connectivity index (χ1) is 8.85. The Labute approximate surface area is 111 Å². The van der Waals surface area contributed by atoms with E-state index in [1.165, 1.54) is 4.88 Å². The van der Waals surface area contributed by atoms with E-state index in [1.54, 1.807) is 18.4 Å². The van der Waals surface area contributed by atoms with Crippen LogP contribution >= 0.6 is 11.3 Å². The average molecular weight is 258 g/mol. The van der Waals surface area contributed by atoms with Crippen LogP contribution in [-0.4, -0.2) is 7.11 Å². The lowest BCUT2D eigenvalue weighted by molar-refractivity contribution is 0.405. The quantitative estimate of drug-likeness (QED) is 0.896. The highest BCUT2D eigenvalue weighted by atomic mass is 32.1. The minimum absolute atomic E-state index is 0.358. The van der Waals surface area contributed by atoms with Crippen LogP contribution in [0.5, 0.6) is 5.75 Å². The van der Waals surface area contributed by atoms with Crippen LogP contribution in [0.15, 0.2) is 41.8 Å². The first-order valence-electron chi connectivity index (χ1n) is 5.63. The normalized spacial score (nSPS) is 11.8. The molecule has 0 bridgehead atoms. The van der Waals surface area contributed by atoms with E-state index in [-0.39, 0.29) is 6.04 Å². The van der Waals surface area contributed by atoms with Gasteiger partial charge in [-0.25, -0.2) is 0 Å². The van der Waals surface area contributed by atoms with Crippen LogP contribution < -0.4 is 10.1 Å². The Bertz CT molecular complexity index is 531. The van der Waals surface area contributed by atoms with Gasteiger partial charge in [0.15, 0.2) is 0 Å². The molecule has 0 aliphatic heterocycles. The number of thiophene rings is 1. The van der Waals surface area contributed by atoms with E-state index < -0.39 is 0 Å². The third kappa shape index (κ3) is 2.89. The molecule has 0 spiro atoms. The Balaban J connectivity index is 2.11. The van der Waals surface area contributed by atoms with E-state index in [0.717, 1.165) is 11.3 Å². The summed E-state index contributed by atoms with van der Waals surface area (Å²) in [5.41, 5.74) is 0.874. The van der Waals surface area contributed by atoms with Crippen molar-refractivity contribution in [2.45, 2.75) is 12.6 Å². The van der Waals surface area contributed by atoms with Gasteiger partial charge >= 0.3 is 0 Å². The number of ether oxygens (including phenoxy) is 1. The second-order valence-electron chi connectivity index (χ2n) is 3.76. The molecule has 0 amide bonds. The minimum Gasteiger partial charge on any atom is -0.496 e. The van der Waals surface area contributed by atoms with Gasteiger partial charge in [0.1, 0.15) is 11.8 Å². The van der Waals surface area contributed by atoms with Crippen molar-refractivity contribution in [3.8, 4) is 11.8 Å². The molecule has 2 aromatic rings. The molecule has 0 aliphatic carbocycles. The molecule has 4 heteroatoms. The third-order valence-electron chi connectivity index (χ3n) is 2.64. The Morgan fingerprint density at radius 3 is 2.83 bits per heavy atom. The molecule has 0 fully saturated rings. The van der Waals surface area contributed by atoms with Gasteiger partial charge in [0.2, 0.25) is 0 Å². The zero-order valence-electron chi connectivity index (χ0n) is 10.1. The van der Waals surface area contributed by atoms with Crippen LogP contribution in [0.4, 0.5) is 0 Å². The van der Waals surface area contributed by atoms with E-state index in [9.17, 15) is 5.26 Å². The van der Waals surface area contributed by atoms with E-state index in [2.05, 4.69) is 11.4 Å². The minimum atomic E-state index is -0.358. The highest BCUT2D eigenvalue weighted by Gasteiger charge is 2.14. The van der Waals surface area contributed by atoms with E-state index in [0.29, 0.717) is 6.54 Å². The fraction of sp³-hybridized carbons (Fsp3) is 0.214. The molecular weight excluding hydrogens is 244 g/mol. The maximum Gasteiger partial charge on any atom is 0.125 e. The van der Waals surface area contributed by atoms with E-state index in [1.807, 2.05) is 41.8 Å². The Hall–Kier alpha value is -1.83. The lowest BCUT2D eigenvalue weighted by Crippen LogP contribution is -2.19. The molecule has 3 nitrogen and oxygen atoms in total. The summed E-state index contributed by atoms with van der Waals surface area (Å²) in [4.78, 5) is 1.21. The zero-order chi connectivity index (χ0) is 12.8. The van der Waals surface area contributed by atoms with Crippen molar-refractivity contribution < 1.29 is 4.74 Å². The van der Waals surface area contributed by atoms with Crippen molar-refractivity contribution in [1.29, 1.82) is 5.26 Å². The summed E-state index contributed by atoms with van der Waals surface area (Å²) < 4.78 is 5.28. The predicted octanol–water partition coefficient (Wildman–Crippen LogP) is 3.11. The average Bonchev–Trinajstić information content (AvgIpc) is 2.93. The maximum atomic E-state index is 9.26. The second-order valence-corrected chi connectivity index (χ2v) is 4.80. The number of methoxy groups -OCH3 is 1. The number of benzene rings is 1. The standard InChI is InChI=1S/C14H14N2OS/c1-17-14-7-3-2-6-12(14)13(9-15)16-10-11-5-4-8-18-11/h2-8,13,16H,10H2,1H3. The lowest BCUT2D eigenvalue weighted by Gasteiger charge is -2.14. The number of nitriles is 1. The zero-order valence-corrected chi connectivity index (χ0v) is 10.9. The van der Waals surface area contributed by atoms with E-state index >= 15 is 0 Å². The topological polar surface area (TPSA) is 45.0 Å². The van der Waals surface area contributed by atoms with Gasteiger partial charge in [-0.15, -0.1) is 11.3 Å². The highest BCUT2D eigenvalue weighted by Crippen LogP contribution is 2.24. The number of rotatable bonds is 5. The summed E-state index contributed by atoms with van der Waals surface area (Å²) in [6, 6.07) is 13.6. The molecular formula is C14H14N2OS. The summed E-state index contributed by atoms with van der Waals surface area (Å²) in [5.74, 6) is 0.739. The van der Waals surface area contributed by atoms with Crippen molar-refractivity contribution >= 4 is 11.3 Å². The highest BCUT2D eigenvalue weighted by molar-refractivity contribution is 7.09. The van der Waals surface area contributed by atoms with Crippen LogP contribution in [0.25, 0.3) is 0 Å². The molecule has 2 rings (SSSR count). The van der Waals surface area contributed by atoms with Crippen LogP contribution in [0.1, 0.15) is 16.5 Å². The van der Waals surface area contributed by atoms with Crippen LogP contribution in [0, 0.1) is 11.3 Å². The first-order valence-corrected chi connectivity index (χ1v) is 6.51. The first kappa shape index (κ1) is 12.6. The molecule has 1 N–H and O–H groups in total. The van der Waals surface area contributed by atoms with Gasteiger partial charge in [-0.1, -0.05) is 24.3 Å². The number of para-hydroxylation sites is 1. The molecule has 0 aliphatic rings. The molecule has 0 saturated carbocycles. The maximum absolute atomic E-state index is 9.26. The van der Waals surface area contributed by atoms with Gasteiger partial charge in [0.25, 0.3) is 0 Å². The summed E-state index contributed by atoms with van der Waals surface area (Å²) >= 11 is 1.68. The van der Waals surface area contributed by atoms with Gasteiger partial charge in [-0.2, -0.15) is 5.26 Å². The molecule has 1 unspecified atom stereocenters. The largest absolute Gasteiger partial charge is 0.496 e. The predicted molar refractivity (Wildman–Crippen MR) is 72.5 cm³/mol. The number of hydrogen-bond acceptors (Lipinski definition) is 4. The molecule has 1 heterocycles. The number of nitrogens with one attached hydrogen (secondary N) is 1. The fourth-order valence-corrected chi connectivity index (χ4v) is 2.40. The Morgan fingerprint density at radius 1 is 1.33 bits per heavy atom. The number of nitrogens with zero attached hydrogens (tertiary/aromatic N) is 1. The van der Waals surface area contributed by atoms with E-state index in [4.69, 9.17) is 4.74 Å². The van der Waals surface area contributed by atoms with Crippen molar-refractivity contribution in [2.75, 3.05) is 7.11 Å². The second kappa shape index (κ2) is 6.20. The fourth-order valence-electron chi connectivity index (χ4n) is 1.75. The molecule has 0 saturated heterocycles. The summed E-state index contributed by atoms with van der Waals surface area (Å²) in [6.45, 7) is 0.688. The molecule has 0 radical (unpaired) electrons. The van der Waals surface area contributed by atoms with Gasteiger partial charge in [-0.05, 0) is 17.5 Å². The Morgan fingerprint density at radius 2 is 2.17 bits per heavy atom. The molecule has 1 atom stereocenters. The van der Waals surface area contributed by atoms with Crippen molar-refractivity contribution in [3.63, 3.8) is 0 Å². The summed E-state index contributed by atoms with van der Waals surface area (Å²) in [5, 5.41) is 14.5. The third-order valence-corrected chi connectivity index (χ3v) is 3.52. The van der Waals surface area contributed by atoms with Crippen LogP contribution in [0.3, 0.4) is 0 Å². The van der Waals surface area contributed by atoms with Crippen LogP contribution in [0.2, 0.25) is 0 Å². The van der Waals surface area contributed by atoms with Crippen molar-refractivity contribution in [1.82, 2.24) is 5.32 Å². The molecule has 18 heavy (non-hydrogen) atoms. The van der Waals surface area contributed by atoms with Crippen molar-refractivity contribution in [3.05, 3.63) is 52.2 Å². The molecule has 92 valence electrons. The lowest BCUT2D eigenvalue weighted by atomic mass is 10.1. The summed E-state index contributed by atoms with van der Waals surface area (Å²) in [6.07, 6.45) is 0. The smallest absolute Gasteiger partial charge is 0.125 e. The van der Waals surface area contributed by atoms with Gasteiger partial charge in [0, 0.05) is 17.0 Å². The van der Waals surface area contributed by atoms with Crippen molar-refractivity contribution in [2.24, 2.45) is 0 Å². The molecule has 1 aromatic heterocycles. The molecule has 1 aromatic carbocycles. The summed E-state index contributed by atoms with van der Waals surface area (Å²) in [7, 11) is 1.62. The van der Waals surface area contributed by atoms with Crippen LogP contribution in [-0.2, 0) is 6.54 Å². The van der Waals surface area contributed by atoms with Gasteiger partial charge in [-0.3, -0.25) is 5.32 Å². The van der Waals surface area contributed by atoms with Gasteiger partial charge in [0.05, 0.1) is 13.2 Å². The SMILES string of the molecule is COc1ccccc1C(C#N)NCc1cccs1. The number of hydrogen-bond donors (Lipinski definition) is 1. The van der Waals surface area contributed by atoms with Gasteiger partial charge < -0.3 is 4.74 Å². The monoisotopic (exact) mass is 258 g/mol. The Kier molecular flexibility index (Phi) is 4.35.